The molecule has 0 spiro atoms. The third-order valence-electron chi connectivity index (χ3n) is 4.30. The molecule has 4 nitrogen and oxygen atoms in total. The number of rotatable bonds is 4. The fourth-order valence-corrected chi connectivity index (χ4v) is 2.96. The molecule has 0 aliphatic heterocycles. The molecule has 4 aromatic rings. The van der Waals surface area contributed by atoms with E-state index in [4.69, 9.17) is 9.15 Å². The predicted molar refractivity (Wildman–Crippen MR) is 104 cm³/mol. The summed E-state index contributed by atoms with van der Waals surface area (Å²) in [6.45, 7) is 0. The summed E-state index contributed by atoms with van der Waals surface area (Å²) in [5, 5.41) is 3.63. The molecular formula is C22H16FNO3. The Bertz CT molecular complexity index is 1170. The van der Waals surface area contributed by atoms with Crippen LogP contribution in [0.3, 0.4) is 0 Å². The number of para-hydroxylation sites is 1. The molecule has 0 saturated heterocycles. The fraction of sp³-hybridized carbons (Fsp3) is 0.0455. The number of methoxy groups -OCH3 is 1. The van der Waals surface area contributed by atoms with Crippen molar-refractivity contribution < 1.29 is 13.5 Å². The minimum absolute atomic E-state index is 0.130. The molecule has 0 bridgehead atoms. The van der Waals surface area contributed by atoms with Crippen molar-refractivity contribution in [1.29, 1.82) is 0 Å². The van der Waals surface area contributed by atoms with Crippen LogP contribution >= 0.6 is 0 Å². The van der Waals surface area contributed by atoms with E-state index in [9.17, 15) is 9.18 Å². The minimum atomic E-state index is -0.297. The predicted octanol–water partition coefficient (Wildman–Crippen LogP) is 5.35. The van der Waals surface area contributed by atoms with Crippen LogP contribution in [0.2, 0.25) is 0 Å². The summed E-state index contributed by atoms with van der Waals surface area (Å²) in [4.78, 5) is 12.9. The average Bonchev–Trinajstić information content (AvgIpc) is 2.70. The first-order chi connectivity index (χ1) is 13.2. The number of hydrogen-bond acceptors (Lipinski definition) is 4. The van der Waals surface area contributed by atoms with Crippen molar-refractivity contribution in [2.75, 3.05) is 12.4 Å². The summed E-state index contributed by atoms with van der Waals surface area (Å²) in [5.41, 5.74) is 2.94. The molecule has 4 rings (SSSR count). The highest BCUT2D eigenvalue weighted by Gasteiger charge is 2.13. The molecule has 134 valence electrons. The van der Waals surface area contributed by atoms with Gasteiger partial charge >= 0.3 is 0 Å². The Morgan fingerprint density at radius 3 is 2.44 bits per heavy atom. The molecule has 0 radical (unpaired) electrons. The van der Waals surface area contributed by atoms with E-state index in [1.54, 1.807) is 43.5 Å². The Balaban J connectivity index is 1.74. The highest BCUT2D eigenvalue weighted by atomic mass is 19.1. The molecule has 0 saturated carbocycles. The van der Waals surface area contributed by atoms with E-state index in [2.05, 4.69) is 5.32 Å². The average molecular weight is 361 g/mol. The number of anilines is 2. The van der Waals surface area contributed by atoms with Crippen molar-refractivity contribution in [2.24, 2.45) is 0 Å². The van der Waals surface area contributed by atoms with Crippen LogP contribution in [0.1, 0.15) is 0 Å². The van der Waals surface area contributed by atoms with Gasteiger partial charge in [-0.05, 0) is 42.5 Å². The van der Waals surface area contributed by atoms with Gasteiger partial charge in [0.25, 0.3) is 0 Å². The SMILES string of the molecule is COc1ccccc1-c1coc2cc(Nc3ccc(F)cc3)ccc2c1=O. The summed E-state index contributed by atoms with van der Waals surface area (Å²) < 4.78 is 24.1. The van der Waals surface area contributed by atoms with Gasteiger partial charge in [-0.2, -0.15) is 0 Å². The largest absolute Gasteiger partial charge is 0.496 e. The van der Waals surface area contributed by atoms with Crippen LogP contribution in [0.25, 0.3) is 22.1 Å². The lowest BCUT2D eigenvalue weighted by molar-refractivity contribution is 0.416. The molecule has 1 aromatic heterocycles. The second-order valence-corrected chi connectivity index (χ2v) is 6.02. The molecular weight excluding hydrogens is 345 g/mol. The Kier molecular flexibility index (Phi) is 4.34. The van der Waals surface area contributed by atoms with Crippen molar-refractivity contribution >= 4 is 22.3 Å². The maximum Gasteiger partial charge on any atom is 0.200 e. The van der Waals surface area contributed by atoms with E-state index in [-0.39, 0.29) is 11.2 Å². The summed E-state index contributed by atoms with van der Waals surface area (Å²) >= 11 is 0. The second-order valence-electron chi connectivity index (χ2n) is 6.02. The Labute approximate surface area is 154 Å². The lowest BCUT2D eigenvalue weighted by Gasteiger charge is -2.09. The summed E-state index contributed by atoms with van der Waals surface area (Å²) in [7, 11) is 1.56. The van der Waals surface area contributed by atoms with Gasteiger partial charge in [0, 0.05) is 23.0 Å². The van der Waals surface area contributed by atoms with Crippen LogP contribution < -0.4 is 15.5 Å². The molecule has 0 aliphatic carbocycles. The van der Waals surface area contributed by atoms with Crippen molar-refractivity contribution in [3.05, 3.63) is 89.0 Å². The zero-order valence-electron chi connectivity index (χ0n) is 14.5. The molecule has 1 N–H and O–H groups in total. The van der Waals surface area contributed by atoms with Gasteiger partial charge in [-0.3, -0.25) is 4.79 Å². The van der Waals surface area contributed by atoms with Crippen LogP contribution in [-0.2, 0) is 0 Å². The van der Waals surface area contributed by atoms with Gasteiger partial charge in [-0.25, -0.2) is 4.39 Å². The van der Waals surface area contributed by atoms with Gasteiger partial charge in [-0.1, -0.05) is 18.2 Å². The number of benzene rings is 3. The van der Waals surface area contributed by atoms with E-state index in [0.717, 1.165) is 11.4 Å². The molecule has 1 heterocycles. The number of hydrogen-bond donors (Lipinski definition) is 1. The van der Waals surface area contributed by atoms with E-state index in [0.29, 0.717) is 27.8 Å². The standard InChI is InChI=1S/C22H16FNO3/c1-26-20-5-3-2-4-17(20)19-13-27-21-12-16(10-11-18(21)22(19)25)24-15-8-6-14(23)7-9-15/h2-13,24H,1H3. The van der Waals surface area contributed by atoms with Crippen molar-refractivity contribution in [3.63, 3.8) is 0 Å². The van der Waals surface area contributed by atoms with Crippen molar-refractivity contribution in [3.8, 4) is 16.9 Å². The van der Waals surface area contributed by atoms with Gasteiger partial charge in [-0.15, -0.1) is 0 Å². The monoisotopic (exact) mass is 361 g/mol. The molecule has 0 amide bonds. The zero-order chi connectivity index (χ0) is 18.8. The summed E-state index contributed by atoms with van der Waals surface area (Å²) in [5.74, 6) is 0.313. The zero-order valence-corrected chi connectivity index (χ0v) is 14.5. The van der Waals surface area contributed by atoms with Gasteiger partial charge in [0.05, 0.1) is 18.1 Å². The first-order valence-electron chi connectivity index (χ1n) is 8.37. The number of ether oxygens (including phenoxy) is 1. The second kappa shape index (κ2) is 6.96. The normalized spacial score (nSPS) is 10.7. The van der Waals surface area contributed by atoms with Crippen LogP contribution in [0.4, 0.5) is 15.8 Å². The van der Waals surface area contributed by atoms with E-state index >= 15 is 0 Å². The summed E-state index contributed by atoms with van der Waals surface area (Å²) in [6, 6.07) is 18.6. The van der Waals surface area contributed by atoms with E-state index < -0.39 is 0 Å². The number of fused-ring (bicyclic) bond motifs is 1. The Morgan fingerprint density at radius 2 is 1.67 bits per heavy atom. The third-order valence-corrected chi connectivity index (χ3v) is 4.30. The number of nitrogens with one attached hydrogen (secondary N) is 1. The molecule has 0 unspecified atom stereocenters. The van der Waals surface area contributed by atoms with E-state index in [1.165, 1.54) is 18.4 Å². The van der Waals surface area contributed by atoms with Crippen LogP contribution in [0, 0.1) is 5.82 Å². The third kappa shape index (κ3) is 3.27. The van der Waals surface area contributed by atoms with Crippen molar-refractivity contribution in [1.82, 2.24) is 0 Å². The Morgan fingerprint density at radius 1 is 0.926 bits per heavy atom. The number of halogens is 1. The first kappa shape index (κ1) is 16.8. The lowest BCUT2D eigenvalue weighted by atomic mass is 10.0. The molecule has 0 aliphatic rings. The minimum Gasteiger partial charge on any atom is -0.496 e. The van der Waals surface area contributed by atoms with Gasteiger partial charge < -0.3 is 14.5 Å². The maximum absolute atomic E-state index is 13.0. The van der Waals surface area contributed by atoms with Crippen LogP contribution in [0.15, 0.2) is 82.2 Å². The fourth-order valence-electron chi connectivity index (χ4n) is 2.96. The van der Waals surface area contributed by atoms with Gasteiger partial charge in [0.15, 0.2) is 0 Å². The highest BCUT2D eigenvalue weighted by Crippen LogP contribution is 2.29. The molecule has 0 atom stereocenters. The highest BCUT2D eigenvalue weighted by molar-refractivity contribution is 5.85. The quantitative estimate of drug-likeness (QED) is 0.532. The van der Waals surface area contributed by atoms with Crippen molar-refractivity contribution in [2.45, 2.75) is 0 Å². The van der Waals surface area contributed by atoms with Gasteiger partial charge in [0.2, 0.25) is 5.43 Å². The van der Waals surface area contributed by atoms with Gasteiger partial charge in [0.1, 0.15) is 23.4 Å². The first-order valence-corrected chi connectivity index (χ1v) is 8.37. The maximum atomic E-state index is 13.0. The molecule has 27 heavy (non-hydrogen) atoms. The molecule has 3 aromatic carbocycles. The summed E-state index contributed by atoms with van der Waals surface area (Å²) in [6.07, 6.45) is 1.45. The molecule has 0 fully saturated rings. The molecule has 5 heteroatoms. The van der Waals surface area contributed by atoms with Crippen LogP contribution in [0.5, 0.6) is 5.75 Å². The van der Waals surface area contributed by atoms with Crippen LogP contribution in [-0.4, -0.2) is 7.11 Å². The van der Waals surface area contributed by atoms with E-state index in [1.807, 2.05) is 18.2 Å². The lowest BCUT2D eigenvalue weighted by Crippen LogP contribution is -2.06. The Hall–Kier alpha value is -3.60. The topological polar surface area (TPSA) is 51.5 Å². The smallest absolute Gasteiger partial charge is 0.200 e.